The monoisotopic (exact) mass is 504 g/mol. The highest BCUT2D eigenvalue weighted by Gasteiger charge is 2.24. The fraction of sp³-hybridized carbons (Fsp3) is 0.276. The van der Waals surface area contributed by atoms with Crippen molar-refractivity contribution >= 4 is 33.6 Å². The molecular weight excluding hydrogens is 475 g/mol. The molecular formula is C29H29FN2O5. The van der Waals surface area contributed by atoms with Crippen molar-refractivity contribution in [3.8, 4) is 16.9 Å². The van der Waals surface area contributed by atoms with E-state index in [1.807, 2.05) is 18.2 Å². The highest BCUT2D eigenvalue weighted by atomic mass is 19.1. The summed E-state index contributed by atoms with van der Waals surface area (Å²) in [5.74, 6) is -1.69. The predicted molar refractivity (Wildman–Crippen MR) is 140 cm³/mol. The van der Waals surface area contributed by atoms with Gasteiger partial charge in [-0.3, -0.25) is 14.6 Å². The number of rotatable bonds is 4. The van der Waals surface area contributed by atoms with Crippen molar-refractivity contribution in [2.75, 3.05) is 6.61 Å². The van der Waals surface area contributed by atoms with Gasteiger partial charge in [-0.05, 0) is 91.1 Å². The van der Waals surface area contributed by atoms with E-state index in [1.165, 1.54) is 6.07 Å². The first kappa shape index (κ1) is 26.0. The highest BCUT2D eigenvalue weighted by molar-refractivity contribution is 6.14. The number of aryl methyl sites for hydroxylation is 1. The van der Waals surface area contributed by atoms with Crippen LogP contribution in [0.25, 0.3) is 32.8 Å². The molecule has 0 bridgehead atoms. The number of nitrogens with two attached hydrogens (primary N) is 1. The molecule has 0 radical (unpaired) electrons. The Labute approximate surface area is 213 Å². The Morgan fingerprint density at radius 3 is 2.49 bits per heavy atom. The van der Waals surface area contributed by atoms with Gasteiger partial charge in [0.25, 0.3) is 0 Å². The van der Waals surface area contributed by atoms with Gasteiger partial charge in [-0.25, -0.2) is 4.39 Å². The van der Waals surface area contributed by atoms with Gasteiger partial charge in [0.15, 0.2) is 0 Å². The molecule has 7 nitrogen and oxygen atoms in total. The second-order valence-electron chi connectivity index (χ2n) is 10.1. The average molecular weight is 505 g/mol. The molecule has 1 amide bonds. The van der Waals surface area contributed by atoms with Crippen LogP contribution in [-0.2, 0) is 17.6 Å². The minimum absolute atomic E-state index is 0.0465. The zero-order valence-corrected chi connectivity index (χ0v) is 21.2. The lowest BCUT2D eigenvalue weighted by atomic mass is 9.85. The molecule has 37 heavy (non-hydrogen) atoms. The molecule has 192 valence electrons. The molecule has 2 heterocycles. The van der Waals surface area contributed by atoms with E-state index in [1.54, 1.807) is 40.0 Å². The molecule has 0 aliphatic carbocycles. The molecule has 1 aromatic heterocycles. The largest absolute Gasteiger partial charge is 0.493 e. The van der Waals surface area contributed by atoms with Gasteiger partial charge >= 0.3 is 5.97 Å². The number of halogens is 1. The Morgan fingerprint density at radius 1 is 1.14 bits per heavy atom. The van der Waals surface area contributed by atoms with Crippen molar-refractivity contribution in [3.63, 3.8) is 0 Å². The molecule has 0 saturated heterocycles. The van der Waals surface area contributed by atoms with E-state index >= 15 is 0 Å². The maximum atomic E-state index is 14.6. The summed E-state index contributed by atoms with van der Waals surface area (Å²) >= 11 is 0. The first-order valence-corrected chi connectivity index (χ1v) is 11.9. The van der Waals surface area contributed by atoms with E-state index in [0.717, 1.165) is 23.4 Å². The molecule has 4 N–H and O–H groups in total. The Bertz CT molecular complexity index is 1540. The minimum atomic E-state index is -1.01. The molecule has 0 spiro atoms. The van der Waals surface area contributed by atoms with Gasteiger partial charge in [0.1, 0.15) is 11.6 Å². The molecule has 0 saturated carbocycles. The number of benzene rings is 3. The van der Waals surface area contributed by atoms with Crippen molar-refractivity contribution in [2.24, 2.45) is 5.73 Å². The highest BCUT2D eigenvalue weighted by Crippen LogP contribution is 2.43. The van der Waals surface area contributed by atoms with Crippen molar-refractivity contribution in [3.05, 3.63) is 70.7 Å². The van der Waals surface area contributed by atoms with Crippen LogP contribution >= 0.6 is 0 Å². The lowest BCUT2D eigenvalue weighted by Gasteiger charge is -2.22. The van der Waals surface area contributed by atoms with Gasteiger partial charge in [-0.15, -0.1) is 0 Å². The maximum absolute atomic E-state index is 14.6. The molecule has 0 fully saturated rings. The van der Waals surface area contributed by atoms with Crippen LogP contribution < -0.4 is 10.5 Å². The van der Waals surface area contributed by atoms with Crippen LogP contribution in [-0.4, -0.2) is 39.3 Å². The summed E-state index contributed by atoms with van der Waals surface area (Å²) in [6, 6.07) is 9.69. The van der Waals surface area contributed by atoms with Crippen LogP contribution in [0.4, 0.5) is 4.39 Å². The topological polar surface area (TPSA) is 123 Å². The Hall–Kier alpha value is -4.04. The molecule has 4 aromatic rings. The number of ether oxygens (including phenoxy) is 1. The van der Waals surface area contributed by atoms with Crippen molar-refractivity contribution in [1.82, 2.24) is 4.98 Å². The Kier molecular flexibility index (Phi) is 6.88. The molecule has 1 aliphatic rings. The first-order valence-electron chi connectivity index (χ1n) is 11.9. The summed E-state index contributed by atoms with van der Waals surface area (Å²) in [6.45, 7) is 7.57. The number of carbonyl (C=O) groups excluding carboxylic acids is 1. The number of aromatic nitrogens is 1. The summed E-state index contributed by atoms with van der Waals surface area (Å²) < 4.78 is 20.4. The molecule has 8 heteroatoms. The predicted octanol–water partition coefficient (Wildman–Crippen LogP) is 4.94. The van der Waals surface area contributed by atoms with Crippen molar-refractivity contribution < 1.29 is 28.9 Å². The Morgan fingerprint density at radius 2 is 1.84 bits per heavy atom. The summed E-state index contributed by atoms with van der Waals surface area (Å²) in [4.78, 5) is 28.4. The number of aliphatic carboxylic acids is 1. The molecule has 5 rings (SSSR count). The zero-order valence-electron chi connectivity index (χ0n) is 21.2. The second-order valence-corrected chi connectivity index (χ2v) is 10.1. The molecule has 0 atom stereocenters. The van der Waals surface area contributed by atoms with Gasteiger partial charge < -0.3 is 20.7 Å². The third kappa shape index (κ3) is 5.39. The summed E-state index contributed by atoms with van der Waals surface area (Å²) in [7, 11) is 0. The number of pyridine rings is 1. The van der Waals surface area contributed by atoms with Gasteiger partial charge in [0, 0.05) is 29.1 Å². The summed E-state index contributed by atoms with van der Waals surface area (Å²) in [5.41, 5.74) is 9.19. The number of aliphatic hydroxyl groups is 1. The fourth-order valence-corrected chi connectivity index (χ4v) is 4.64. The number of carboxylic acid groups (broad SMARTS) is 1. The van der Waals surface area contributed by atoms with Crippen LogP contribution in [0.5, 0.6) is 5.75 Å². The summed E-state index contributed by atoms with van der Waals surface area (Å²) in [5, 5.41) is 19.9. The number of hydrogen-bond acceptors (Lipinski definition) is 5. The normalized spacial score (nSPS) is 12.6. The quantitative estimate of drug-likeness (QED) is 0.362. The fourth-order valence-electron chi connectivity index (χ4n) is 4.64. The van der Waals surface area contributed by atoms with E-state index in [0.29, 0.717) is 50.9 Å². The van der Waals surface area contributed by atoms with E-state index < -0.39 is 23.3 Å². The number of primary amides is 1. The van der Waals surface area contributed by atoms with E-state index in [9.17, 15) is 19.1 Å². The number of nitrogens with zero attached hydrogens (tertiary/aromatic N) is 1. The SMILES string of the molecule is CC(C)(C)O.Cc1cc2c(C(N)=O)cc(F)cc2c(-c2ccc3c4c(ccnc24)CCO3)c1CC(=O)O. The van der Waals surface area contributed by atoms with Crippen LogP contribution in [0, 0.1) is 12.7 Å². The minimum Gasteiger partial charge on any atom is -0.493 e. The van der Waals surface area contributed by atoms with E-state index in [2.05, 4.69) is 4.98 Å². The van der Waals surface area contributed by atoms with Crippen molar-refractivity contribution in [2.45, 2.75) is 46.1 Å². The summed E-state index contributed by atoms with van der Waals surface area (Å²) in [6.07, 6.45) is 2.17. The van der Waals surface area contributed by atoms with Gasteiger partial charge in [-0.1, -0.05) is 6.07 Å². The lowest BCUT2D eigenvalue weighted by molar-refractivity contribution is -0.136. The number of fused-ring (bicyclic) bond motifs is 1. The second kappa shape index (κ2) is 9.78. The van der Waals surface area contributed by atoms with Gasteiger partial charge in [0.2, 0.25) is 5.91 Å². The molecule has 3 aromatic carbocycles. The molecule has 0 unspecified atom stereocenters. The van der Waals surface area contributed by atoms with Gasteiger partial charge in [-0.2, -0.15) is 0 Å². The first-order chi connectivity index (χ1) is 17.3. The maximum Gasteiger partial charge on any atom is 0.307 e. The van der Waals surface area contributed by atoms with Crippen LogP contribution in [0.15, 0.2) is 42.6 Å². The Balaban J connectivity index is 0.000000586. The van der Waals surface area contributed by atoms with Crippen LogP contribution in [0.2, 0.25) is 0 Å². The standard InChI is InChI=1S/C25H19FN2O4.C4H10O/c1-12-8-17-18(9-14(26)10-19(17)25(27)31)23(16(12)11-21(29)30)15-2-3-20-22-13(5-7-32-20)4-6-28-24(15)22;1-4(2,3)5/h2-4,6,8-10H,5,7,11H2,1H3,(H2,27,31)(H,29,30);5H,1-3H3. The average Bonchev–Trinajstić information content (AvgIpc) is 2.79. The number of carbonyl (C=O) groups is 2. The third-order valence-corrected chi connectivity index (χ3v) is 5.98. The van der Waals surface area contributed by atoms with Crippen LogP contribution in [0.1, 0.15) is 47.8 Å². The van der Waals surface area contributed by atoms with E-state index in [-0.39, 0.29) is 12.0 Å². The number of carboxylic acids is 1. The number of hydrogen-bond donors (Lipinski definition) is 3. The van der Waals surface area contributed by atoms with Crippen LogP contribution in [0.3, 0.4) is 0 Å². The lowest BCUT2D eigenvalue weighted by Crippen LogP contribution is -2.13. The van der Waals surface area contributed by atoms with Crippen molar-refractivity contribution in [1.29, 1.82) is 0 Å². The zero-order chi connectivity index (χ0) is 27.1. The van der Waals surface area contributed by atoms with E-state index in [4.69, 9.17) is 15.6 Å². The molecule has 1 aliphatic heterocycles. The van der Waals surface area contributed by atoms with Gasteiger partial charge in [0.05, 0.1) is 24.1 Å². The third-order valence-electron chi connectivity index (χ3n) is 5.98. The number of amides is 1. The smallest absolute Gasteiger partial charge is 0.307 e.